The normalized spacial score (nSPS) is 49.4. The van der Waals surface area contributed by atoms with Crippen molar-refractivity contribution in [2.45, 2.75) is 253 Å². The molecule has 3 saturated carbocycles. The van der Waals surface area contributed by atoms with Crippen molar-refractivity contribution >= 4 is 5.97 Å². The Balaban J connectivity index is 0.809. The molecule has 25 atom stereocenters. The standard InChI is InChI=1S/C55H85NO19/c1-28-46(58)36(63-8)22-43(67-28)73-48-30(3)69-45(24-38(48)65-10)75-49-31(4)70-44(25-39(49)66-11)74-47-29(2)68-42(23-37(47)64-9)71-35-15-16-51(6)34(21-35)14-17-54(61)40(51)26-41(72-50(59)33-13-12-20-56-27-33)52(7)53(60,32(5)57)18-19-55(52,54)62/h12-14,20,27-32,35-49,57-58,60-62H,15-19,21-26H2,1-11H3. The van der Waals surface area contributed by atoms with Crippen LogP contribution in [0.1, 0.15) is 129 Å². The van der Waals surface area contributed by atoms with Crippen LogP contribution in [0.2, 0.25) is 0 Å². The lowest BCUT2D eigenvalue weighted by atomic mass is 9.42. The summed E-state index contributed by atoms with van der Waals surface area (Å²) in [6.45, 7) is 12.8. The molecule has 0 spiro atoms. The molecule has 5 N–H and O–H groups in total. The van der Waals surface area contributed by atoms with Crippen LogP contribution in [0.3, 0.4) is 0 Å². The molecule has 20 heteroatoms. The van der Waals surface area contributed by atoms with Crippen LogP contribution in [0.4, 0.5) is 0 Å². The van der Waals surface area contributed by atoms with Crippen LogP contribution in [0.25, 0.3) is 0 Å². The van der Waals surface area contributed by atoms with Crippen LogP contribution in [0.5, 0.6) is 0 Å². The summed E-state index contributed by atoms with van der Waals surface area (Å²) in [7, 11) is 6.49. The molecule has 25 unspecified atom stereocenters. The van der Waals surface area contributed by atoms with Gasteiger partial charge in [0.05, 0.1) is 72.0 Å². The molecule has 9 rings (SSSR count). The zero-order chi connectivity index (χ0) is 54.0. The van der Waals surface area contributed by atoms with Crippen LogP contribution >= 0.6 is 0 Å². The van der Waals surface area contributed by atoms with E-state index in [1.807, 2.05) is 26.8 Å². The Bertz CT molecular complexity index is 2140. The summed E-state index contributed by atoms with van der Waals surface area (Å²) in [6.07, 6.45) is -2.12. The molecule has 20 nitrogen and oxygen atoms in total. The van der Waals surface area contributed by atoms with Gasteiger partial charge in [0.2, 0.25) is 0 Å². The second kappa shape index (κ2) is 22.3. The number of rotatable bonds is 15. The Morgan fingerprint density at radius 1 is 0.707 bits per heavy atom. The van der Waals surface area contributed by atoms with Crippen molar-refractivity contribution in [3.05, 3.63) is 41.7 Å². The summed E-state index contributed by atoms with van der Waals surface area (Å²) in [4.78, 5) is 17.8. The summed E-state index contributed by atoms with van der Waals surface area (Å²) < 4.78 is 81.6. The van der Waals surface area contributed by atoms with Crippen molar-refractivity contribution in [3.8, 4) is 0 Å². The van der Waals surface area contributed by atoms with Gasteiger partial charge in [0, 0.05) is 72.4 Å². The van der Waals surface area contributed by atoms with Gasteiger partial charge in [-0.1, -0.05) is 25.5 Å². The molecule has 0 radical (unpaired) electrons. The third kappa shape index (κ3) is 10.1. The van der Waals surface area contributed by atoms with Crippen molar-refractivity contribution in [2.75, 3.05) is 28.4 Å². The Kier molecular flexibility index (Phi) is 17.1. The number of ether oxygens (including phenoxy) is 13. The third-order valence-corrected chi connectivity index (χ3v) is 19.4. The fraction of sp³-hybridized carbons (Fsp3) is 0.855. The molecule has 8 aliphatic rings. The van der Waals surface area contributed by atoms with Crippen molar-refractivity contribution in [2.24, 2.45) is 16.7 Å². The van der Waals surface area contributed by atoms with E-state index in [4.69, 9.17) is 61.6 Å². The minimum absolute atomic E-state index is 0.00464. The highest BCUT2D eigenvalue weighted by atomic mass is 16.8. The smallest absolute Gasteiger partial charge is 0.339 e. The molecule has 1 aromatic heterocycles. The van der Waals surface area contributed by atoms with Gasteiger partial charge in [-0.2, -0.15) is 0 Å². The Hall–Kier alpha value is -2.32. The molecule has 0 amide bonds. The molecule has 7 fully saturated rings. The number of hydrogen-bond donors (Lipinski definition) is 5. The zero-order valence-corrected chi connectivity index (χ0v) is 45.6. The first-order valence-corrected chi connectivity index (χ1v) is 27.3. The summed E-state index contributed by atoms with van der Waals surface area (Å²) in [5.74, 6) is -1.22. The van der Waals surface area contributed by atoms with E-state index in [1.165, 1.54) is 13.1 Å². The summed E-state index contributed by atoms with van der Waals surface area (Å²) in [5.41, 5.74) is -6.42. The van der Waals surface area contributed by atoms with Crippen LogP contribution < -0.4 is 0 Å². The fourth-order valence-corrected chi connectivity index (χ4v) is 14.9. The second-order valence-corrected chi connectivity index (χ2v) is 23.3. The average Bonchev–Trinajstić information content (AvgIpc) is 3.68. The van der Waals surface area contributed by atoms with Gasteiger partial charge in [0.1, 0.15) is 47.3 Å². The van der Waals surface area contributed by atoms with Crippen LogP contribution in [0, 0.1) is 16.7 Å². The molecule has 4 aliphatic heterocycles. The van der Waals surface area contributed by atoms with E-state index in [9.17, 15) is 30.3 Å². The number of carbonyl (C=O) groups is 1. The van der Waals surface area contributed by atoms with E-state index in [-0.39, 0.29) is 43.5 Å². The number of carbonyl (C=O) groups excluding carboxylic acids is 1. The Morgan fingerprint density at radius 2 is 1.21 bits per heavy atom. The number of esters is 1. The maximum absolute atomic E-state index is 13.7. The van der Waals surface area contributed by atoms with Crippen molar-refractivity contribution in [1.29, 1.82) is 0 Å². The minimum Gasteiger partial charge on any atom is -0.458 e. The highest BCUT2D eigenvalue weighted by Crippen LogP contribution is 2.71. The minimum atomic E-state index is -1.92. The quantitative estimate of drug-likeness (QED) is 0.123. The number of aromatic nitrogens is 1. The molecule has 424 valence electrons. The molecule has 0 bridgehead atoms. The Labute approximate surface area is 441 Å². The first-order valence-electron chi connectivity index (χ1n) is 27.3. The van der Waals surface area contributed by atoms with E-state index in [0.29, 0.717) is 44.9 Å². The van der Waals surface area contributed by atoms with Gasteiger partial charge < -0.3 is 87.1 Å². The number of pyridine rings is 1. The molecular formula is C55H85NO19. The van der Waals surface area contributed by atoms with Gasteiger partial charge in [-0.3, -0.25) is 4.98 Å². The molecular weight excluding hydrogens is 979 g/mol. The lowest BCUT2D eigenvalue weighted by molar-refractivity contribution is -0.347. The summed E-state index contributed by atoms with van der Waals surface area (Å²) >= 11 is 0. The number of hydrogen-bond acceptors (Lipinski definition) is 20. The number of fused-ring (bicyclic) bond motifs is 5. The van der Waals surface area contributed by atoms with E-state index >= 15 is 0 Å². The van der Waals surface area contributed by atoms with E-state index in [2.05, 4.69) is 11.9 Å². The largest absolute Gasteiger partial charge is 0.458 e. The van der Waals surface area contributed by atoms with E-state index < -0.39 is 144 Å². The van der Waals surface area contributed by atoms with Crippen molar-refractivity contribution in [3.63, 3.8) is 0 Å². The predicted molar refractivity (Wildman–Crippen MR) is 265 cm³/mol. The van der Waals surface area contributed by atoms with E-state index in [1.54, 1.807) is 60.6 Å². The zero-order valence-electron chi connectivity index (χ0n) is 45.6. The number of aliphatic hydroxyl groups excluding tert-OH is 2. The maximum Gasteiger partial charge on any atom is 0.339 e. The van der Waals surface area contributed by atoms with Crippen molar-refractivity contribution < 1.29 is 91.9 Å². The lowest BCUT2D eigenvalue weighted by Crippen LogP contribution is -2.78. The van der Waals surface area contributed by atoms with Crippen LogP contribution in [-0.2, 0) is 61.6 Å². The number of methoxy groups -OCH3 is 4. The lowest BCUT2D eigenvalue weighted by Gasteiger charge is -2.67. The molecule has 4 saturated heterocycles. The van der Waals surface area contributed by atoms with Gasteiger partial charge in [-0.25, -0.2) is 4.79 Å². The molecule has 0 aromatic carbocycles. The molecule has 5 heterocycles. The second-order valence-electron chi connectivity index (χ2n) is 23.3. The predicted octanol–water partition coefficient (Wildman–Crippen LogP) is 4.02. The first-order chi connectivity index (χ1) is 35.6. The third-order valence-electron chi connectivity index (χ3n) is 19.4. The number of nitrogens with zero attached hydrogens (tertiary/aromatic N) is 1. The topological polar surface area (TPSA) is 251 Å². The molecule has 4 aliphatic carbocycles. The SMILES string of the molecule is COC1CC(OC2C(C)OC(OC3C(C)OC(OC4C(C)OC(OC5CCC6(C)C(=CCC7(O)C6CC(OC(=O)c6cccnc6)C6(C)C(O)(C(C)O)CCC76O)C5)CC4OC)CC3OC)CC2OC)OC(C)C1O. The molecule has 1 aromatic rings. The number of aliphatic hydroxyl groups is 5. The van der Waals surface area contributed by atoms with Crippen molar-refractivity contribution in [1.82, 2.24) is 4.98 Å². The fourth-order valence-electron chi connectivity index (χ4n) is 14.9. The van der Waals surface area contributed by atoms with Gasteiger partial charge in [0.15, 0.2) is 25.2 Å². The highest BCUT2D eigenvalue weighted by molar-refractivity contribution is 5.89. The van der Waals surface area contributed by atoms with E-state index in [0.717, 1.165) is 5.57 Å². The van der Waals surface area contributed by atoms with Gasteiger partial charge >= 0.3 is 5.97 Å². The van der Waals surface area contributed by atoms with Crippen LogP contribution in [-0.4, -0.2) is 198 Å². The maximum atomic E-state index is 13.7. The van der Waals surface area contributed by atoms with Gasteiger partial charge in [-0.15, -0.1) is 0 Å². The Morgan fingerprint density at radius 3 is 1.71 bits per heavy atom. The summed E-state index contributed by atoms with van der Waals surface area (Å²) in [6, 6.07) is 3.23. The average molecular weight is 1060 g/mol. The first kappa shape index (κ1) is 57.4. The monoisotopic (exact) mass is 1060 g/mol. The highest BCUT2D eigenvalue weighted by Gasteiger charge is 2.81. The summed E-state index contributed by atoms with van der Waals surface area (Å²) in [5, 5.41) is 59.8. The van der Waals surface area contributed by atoms with Gasteiger partial charge in [-0.05, 0) is 97.1 Å². The van der Waals surface area contributed by atoms with Gasteiger partial charge in [0.25, 0.3) is 0 Å². The van der Waals surface area contributed by atoms with Crippen LogP contribution in [0.15, 0.2) is 36.2 Å². The molecule has 75 heavy (non-hydrogen) atoms.